The quantitative estimate of drug-likeness (QED) is 0.299. The number of aliphatic imine (C=N–C) groups is 1. The van der Waals surface area contributed by atoms with Crippen LogP contribution in [-0.4, -0.2) is 48.1 Å². The number of aryl methyl sites for hydroxylation is 1. The maximum atomic E-state index is 13.1. The molecule has 35 heavy (non-hydrogen) atoms. The summed E-state index contributed by atoms with van der Waals surface area (Å²) in [7, 11) is 3.05. The van der Waals surface area contributed by atoms with Crippen molar-refractivity contribution in [2.75, 3.05) is 24.9 Å². The molecule has 1 amide bonds. The zero-order valence-corrected chi connectivity index (χ0v) is 20.2. The average molecular weight is 478 g/mol. The normalized spacial score (nSPS) is 17.5. The number of fused-ring (bicyclic) bond motifs is 1. The first kappa shape index (κ1) is 24.1. The summed E-state index contributed by atoms with van der Waals surface area (Å²) in [6.45, 7) is 2.01. The maximum absolute atomic E-state index is 13.1. The molecule has 0 bridgehead atoms. The van der Waals surface area contributed by atoms with E-state index >= 15 is 0 Å². The van der Waals surface area contributed by atoms with E-state index in [-0.39, 0.29) is 24.0 Å². The predicted molar refractivity (Wildman–Crippen MR) is 137 cm³/mol. The molecule has 0 spiro atoms. The number of carbonyl (C=O) groups excluding carboxylic acids is 1. The Bertz CT molecular complexity index is 1260. The van der Waals surface area contributed by atoms with Gasteiger partial charge in [-0.3, -0.25) is 10.1 Å². The lowest BCUT2D eigenvalue weighted by atomic mass is 9.90. The van der Waals surface area contributed by atoms with Gasteiger partial charge in [0.1, 0.15) is 17.3 Å². The summed E-state index contributed by atoms with van der Waals surface area (Å²) in [4.78, 5) is 26.8. The zero-order chi connectivity index (χ0) is 24.9. The number of benzene rings is 2. The fraction of sp³-hybridized carbons (Fsp3) is 0.360. The van der Waals surface area contributed by atoms with E-state index in [1.54, 1.807) is 25.3 Å². The van der Waals surface area contributed by atoms with E-state index in [0.717, 1.165) is 36.6 Å². The summed E-state index contributed by atoms with van der Waals surface area (Å²) in [6, 6.07) is 10.8. The minimum Gasteiger partial charge on any atom is -0.497 e. The van der Waals surface area contributed by atoms with E-state index in [9.17, 15) is 4.79 Å². The Hall–Kier alpha value is -4.08. The van der Waals surface area contributed by atoms with Crippen LogP contribution in [0.2, 0.25) is 0 Å². The molecule has 2 aromatic carbocycles. The molecule has 1 fully saturated rings. The number of hydrogen-bond donors (Lipinski definition) is 4. The van der Waals surface area contributed by atoms with Gasteiger partial charge >= 0.3 is 0 Å². The first-order valence-corrected chi connectivity index (χ1v) is 11.5. The monoisotopic (exact) mass is 477 g/mol. The van der Waals surface area contributed by atoms with Crippen molar-refractivity contribution in [3.05, 3.63) is 47.5 Å². The Kier molecular flexibility index (Phi) is 7.19. The van der Waals surface area contributed by atoms with E-state index in [0.29, 0.717) is 28.4 Å². The highest BCUT2D eigenvalue weighted by molar-refractivity contribution is 6.06. The molecule has 2 atom stereocenters. The largest absolute Gasteiger partial charge is 0.497 e. The van der Waals surface area contributed by atoms with Gasteiger partial charge in [0.15, 0.2) is 5.96 Å². The lowest BCUT2D eigenvalue weighted by molar-refractivity contribution is 0.102. The zero-order valence-electron chi connectivity index (χ0n) is 20.2. The molecule has 6 N–H and O–H groups in total. The van der Waals surface area contributed by atoms with Crippen LogP contribution in [0.1, 0.15) is 41.6 Å². The van der Waals surface area contributed by atoms with Crippen molar-refractivity contribution in [1.82, 2.24) is 9.97 Å². The second kappa shape index (κ2) is 10.5. The van der Waals surface area contributed by atoms with Crippen molar-refractivity contribution in [2.45, 2.75) is 44.7 Å². The van der Waals surface area contributed by atoms with Gasteiger partial charge in [0.25, 0.3) is 5.91 Å². The van der Waals surface area contributed by atoms with Crippen LogP contribution in [0, 0.1) is 6.92 Å². The lowest BCUT2D eigenvalue weighted by Gasteiger charge is -2.30. The summed E-state index contributed by atoms with van der Waals surface area (Å²) >= 11 is 0. The first-order chi connectivity index (χ1) is 16.9. The highest BCUT2D eigenvalue weighted by Gasteiger charge is 2.26. The maximum Gasteiger partial charge on any atom is 0.261 e. The molecule has 0 aliphatic heterocycles. The molecule has 4 rings (SSSR count). The number of amides is 1. The Morgan fingerprint density at radius 2 is 1.86 bits per heavy atom. The van der Waals surface area contributed by atoms with E-state index in [1.807, 2.05) is 25.1 Å². The van der Waals surface area contributed by atoms with Crippen molar-refractivity contribution in [2.24, 2.45) is 16.5 Å². The molecular formula is C25H31N7O3. The smallest absolute Gasteiger partial charge is 0.261 e. The van der Waals surface area contributed by atoms with E-state index in [4.69, 9.17) is 20.9 Å². The number of nitrogens with one attached hydrogen (secondary N) is 2. The SMILES string of the molecule is COc1ccc(C(=O)Nc2nc(N[C@H]3CCCC[C@H]3N=C(N)N)c3cc(C)ccc3n2)c(OC)c1. The molecule has 1 saturated carbocycles. The third-order valence-electron chi connectivity index (χ3n) is 6.10. The Labute approximate surface area is 204 Å². The van der Waals surface area contributed by atoms with Gasteiger partial charge in [0, 0.05) is 11.5 Å². The third kappa shape index (κ3) is 5.53. The molecule has 184 valence electrons. The van der Waals surface area contributed by atoms with E-state index in [1.165, 1.54) is 7.11 Å². The number of rotatable bonds is 7. The van der Waals surface area contributed by atoms with Crippen LogP contribution in [0.25, 0.3) is 10.9 Å². The number of aromatic nitrogens is 2. The molecule has 3 aromatic rings. The highest BCUT2D eigenvalue weighted by atomic mass is 16.5. The number of nitrogens with zero attached hydrogens (tertiary/aromatic N) is 3. The number of ether oxygens (including phenoxy) is 2. The van der Waals surface area contributed by atoms with Gasteiger partial charge in [-0.15, -0.1) is 0 Å². The fourth-order valence-corrected chi connectivity index (χ4v) is 4.36. The van der Waals surface area contributed by atoms with Gasteiger partial charge in [0.05, 0.1) is 37.4 Å². The second-order valence-electron chi connectivity index (χ2n) is 8.59. The third-order valence-corrected chi connectivity index (χ3v) is 6.10. The molecule has 0 unspecified atom stereocenters. The first-order valence-electron chi connectivity index (χ1n) is 11.5. The van der Waals surface area contributed by atoms with Crippen LogP contribution in [0.3, 0.4) is 0 Å². The molecular weight excluding hydrogens is 446 g/mol. The van der Waals surface area contributed by atoms with Crippen molar-refractivity contribution in [3.63, 3.8) is 0 Å². The van der Waals surface area contributed by atoms with Crippen LogP contribution in [0.4, 0.5) is 11.8 Å². The van der Waals surface area contributed by atoms with Crippen molar-refractivity contribution >= 4 is 34.5 Å². The Morgan fingerprint density at radius 3 is 2.60 bits per heavy atom. The molecule has 0 saturated heterocycles. The number of guanidine groups is 1. The summed E-state index contributed by atoms with van der Waals surface area (Å²) in [6.07, 6.45) is 3.92. The van der Waals surface area contributed by atoms with Gasteiger partial charge in [-0.1, -0.05) is 24.5 Å². The molecule has 10 heteroatoms. The van der Waals surface area contributed by atoms with Crippen LogP contribution in [-0.2, 0) is 0 Å². The number of anilines is 2. The predicted octanol–water partition coefficient (Wildman–Crippen LogP) is 3.20. The van der Waals surface area contributed by atoms with Gasteiger partial charge in [-0.25, -0.2) is 9.98 Å². The van der Waals surface area contributed by atoms with Gasteiger partial charge in [0.2, 0.25) is 5.95 Å². The molecule has 10 nitrogen and oxygen atoms in total. The number of nitrogens with two attached hydrogens (primary N) is 2. The minimum atomic E-state index is -0.391. The van der Waals surface area contributed by atoms with Crippen molar-refractivity contribution in [1.29, 1.82) is 0 Å². The molecule has 1 aliphatic carbocycles. The summed E-state index contributed by atoms with van der Waals surface area (Å²) < 4.78 is 10.6. The van der Waals surface area contributed by atoms with Crippen molar-refractivity contribution < 1.29 is 14.3 Å². The number of hydrogen-bond acceptors (Lipinski definition) is 7. The summed E-state index contributed by atoms with van der Waals surface area (Å²) in [5.41, 5.74) is 13.5. The summed E-state index contributed by atoms with van der Waals surface area (Å²) in [5.74, 6) is 1.47. The minimum absolute atomic E-state index is 0.00898. The Morgan fingerprint density at radius 1 is 1.06 bits per heavy atom. The summed E-state index contributed by atoms with van der Waals surface area (Å²) in [5, 5.41) is 7.20. The number of carbonyl (C=O) groups is 1. The Balaban J connectivity index is 1.68. The highest BCUT2D eigenvalue weighted by Crippen LogP contribution is 2.30. The second-order valence-corrected chi connectivity index (χ2v) is 8.59. The van der Waals surface area contributed by atoms with E-state index in [2.05, 4.69) is 25.6 Å². The molecule has 1 aliphatic rings. The topological polar surface area (TPSA) is 150 Å². The molecule has 1 heterocycles. The average Bonchev–Trinajstić information content (AvgIpc) is 2.84. The van der Waals surface area contributed by atoms with Gasteiger partial charge in [-0.05, 0) is 44.0 Å². The standard InChI is InChI=1S/C25H31N7O3/c1-14-8-11-18-17(12-14)22(28-19-6-4-5-7-20(19)29-24(26)27)31-25(30-18)32-23(33)16-10-9-15(34-2)13-21(16)35-3/h8-13,19-20H,4-7H2,1-3H3,(H4,26,27,29)(H2,28,30,31,32,33)/t19-,20+/m0/s1. The van der Waals surface area contributed by atoms with Crippen LogP contribution >= 0.6 is 0 Å². The molecule has 0 radical (unpaired) electrons. The van der Waals surface area contributed by atoms with Crippen LogP contribution < -0.4 is 31.6 Å². The van der Waals surface area contributed by atoms with Crippen LogP contribution in [0.5, 0.6) is 11.5 Å². The van der Waals surface area contributed by atoms with Crippen LogP contribution in [0.15, 0.2) is 41.4 Å². The lowest BCUT2D eigenvalue weighted by Crippen LogP contribution is -2.38. The number of methoxy groups -OCH3 is 2. The van der Waals surface area contributed by atoms with Crippen molar-refractivity contribution in [3.8, 4) is 11.5 Å². The van der Waals surface area contributed by atoms with Gasteiger partial charge < -0.3 is 26.3 Å². The fourth-order valence-electron chi connectivity index (χ4n) is 4.36. The van der Waals surface area contributed by atoms with E-state index < -0.39 is 5.91 Å². The van der Waals surface area contributed by atoms with Gasteiger partial charge in [-0.2, -0.15) is 4.98 Å². The molecule has 1 aromatic heterocycles.